The van der Waals surface area contributed by atoms with Crippen LogP contribution in [0, 0.1) is 0 Å². The van der Waals surface area contributed by atoms with E-state index in [0.29, 0.717) is 0 Å². The van der Waals surface area contributed by atoms with Crippen LogP contribution < -0.4 is 9.47 Å². The molecule has 0 aliphatic heterocycles. The molecule has 2 aromatic carbocycles. The number of carbonyl (C=O) groups excluding carboxylic acids is 2. The molecule has 0 radical (unpaired) electrons. The molecule has 120 valence electrons. The summed E-state index contributed by atoms with van der Waals surface area (Å²) in [5.74, 6) is -0.494. The van der Waals surface area contributed by atoms with E-state index in [4.69, 9.17) is 9.47 Å². The number of benzene rings is 2. The number of rotatable bonds is 6. The molecule has 0 heterocycles. The number of aromatic hydroxyl groups is 2. The third-order valence-electron chi connectivity index (χ3n) is 2.86. The molecule has 0 aliphatic rings. The van der Waals surface area contributed by atoms with Gasteiger partial charge in [-0.25, -0.2) is 0 Å². The van der Waals surface area contributed by atoms with Crippen LogP contribution in [0.3, 0.4) is 0 Å². The lowest BCUT2D eigenvalue weighted by molar-refractivity contribution is -0.136. The van der Waals surface area contributed by atoms with E-state index < -0.39 is 11.9 Å². The zero-order chi connectivity index (χ0) is 16.7. The lowest BCUT2D eigenvalue weighted by Gasteiger charge is -2.05. The van der Waals surface area contributed by atoms with E-state index in [0.717, 1.165) is 0 Å². The molecule has 0 aromatic heterocycles. The first kappa shape index (κ1) is 16.4. The number of ether oxygens (including phenoxy) is 2. The fraction of sp³-hybridized carbons (Fsp3) is 0.176. The minimum Gasteiger partial charge on any atom is -0.508 e. The minimum atomic E-state index is -0.499. The highest BCUT2D eigenvalue weighted by Gasteiger charge is 2.09. The highest BCUT2D eigenvalue weighted by atomic mass is 16.5. The van der Waals surface area contributed by atoms with Gasteiger partial charge < -0.3 is 19.7 Å². The second-order valence-electron chi connectivity index (χ2n) is 4.80. The number of esters is 2. The van der Waals surface area contributed by atoms with Gasteiger partial charge in [0.05, 0.1) is 0 Å². The largest absolute Gasteiger partial charge is 0.508 e. The van der Waals surface area contributed by atoms with Crippen molar-refractivity contribution in [2.45, 2.75) is 19.3 Å². The van der Waals surface area contributed by atoms with Crippen LogP contribution in [0.25, 0.3) is 0 Å². The van der Waals surface area contributed by atoms with E-state index in [1.54, 1.807) is 24.3 Å². The average molecular weight is 316 g/mol. The summed E-state index contributed by atoms with van der Waals surface area (Å²) in [5, 5.41) is 18.5. The number of carbonyl (C=O) groups is 2. The Bertz CT molecular complexity index is 635. The molecule has 0 spiro atoms. The third-order valence-corrected chi connectivity index (χ3v) is 2.86. The van der Waals surface area contributed by atoms with Gasteiger partial charge >= 0.3 is 11.9 Å². The monoisotopic (exact) mass is 316 g/mol. The van der Waals surface area contributed by atoms with Crippen LogP contribution in [0.5, 0.6) is 23.0 Å². The lowest BCUT2D eigenvalue weighted by Crippen LogP contribution is -2.11. The van der Waals surface area contributed by atoms with Crippen LogP contribution in [0.2, 0.25) is 0 Å². The summed E-state index contributed by atoms with van der Waals surface area (Å²) in [6, 6.07) is 11.8. The zero-order valence-electron chi connectivity index (χ0n) is 12.3. The molecule has 0 unspecified atom stereocenters. The maximum Gasteiger partial charge on any atom is 0.311 e. The fourth-order valence-corrected chi connectivity index (χ4v) is 1.84. The molecule has 0 atom stereocenters. The predicted molar refractivity (Wildman–Crippen MR) is 81.3 cm³/mol. The first-order valence-corrected chi connectivity index (χ1v) is 7.02. The van der Waals surface area contributed by atoms with Gasteiger partial charge in [-0.1, -0.05) is 12.1 Å². The Balaban J connectivity index is 1.71. The summed E-state index contributed by atoms with van der Waals surface area (Å²) in [6.07, 6.45) is 0.366. The van der Waals surface area contributed by atoms with E-state index in [1.807, 2.05) is 0 Å². The fourth-order valence-electron chi connectivity index (χ4n) is 1.84. The number of hydrogen-bond acceptors (Lipinski definition) is 6. The number of phenols is 2. The van der Waals surface area contributed by atoms with Gasteiger partial charge in [0, 0.05) is 25.0 Å². The Morgan fingerprint density at radius 2 is 1.22 bits per heavy atom. The molecule has 6 heteroatoms. The van der Waals surface area contributed by atoms with E-state index in [2.05, 4.69) is 0 Å². The van der Waals surface area contributed by atoms with Crippen molar-refractivity contribution in [2.75, 3.05) is 0 Å². The highest BCUT2D eigenvalue weighted by Crippen LogP contribution is 2.19. The van der Waals surface area contributed by atoms with Crippen LogP contribution in [0.15, 0.2) is 48.5 Å². The van der Waals surface area contributed by atoms with Crippen molar-refractivity contribution in [2.24, 2.45) is 0 Å². The lowest BCUT2D eigenvalue weighted by atomic mass is 10.2. The van der Waals surface area contributed by atoms with Gasteiger partial charge in [-0.05, 0) is 30.7 Å². The van der Waals surface area contributed by atoms with E-state index in [-0.39, 0.29) is 42.3 Å². The maximum atomic E-state index is 11.6. The third kappa shape index (κ3) is 5.70. The first-order valence-electron chi connectivity index (χ1n) is 7.02. The van der Waals surface area contributed by atoms with E-state index in [9.17, 15) is 19.8 Å². The molecule has 2 aromatic rings. The molecule has 0 amide bonds. The van der Waals surface area contributed by atoms with Crippen molar-refractivity contribution >= 4 is 11.9 Å². The summed E-state index contributed by atoms with van der Waals surface area (Å²) in [7, 11) is 0. The standard InChI is InChI=1S/C17H16O6/c18-12-4-1-6-14(10-12)22-16(20)8-3-9-17(21)23-15-7-2-5-13(19)11-15/h1-2,4-7,10-11,18-19H,3,8-9H2. The molecule has 0 saturated heterocycles. The average Bonchev–Trinajstić information content (AvgIpc) is 2.47. The van der Waals surface area contributed by atoms with Crippen LogP contribution >= 0.6 is 0 Å². The van der Waals surface area contributed by atoms with E-state index in [1.165, 1.54) is 24.3 Å². The molecule has 2 N–H and O–H groups in total. The quantitative estimate of drug-likeness (QED) is 0.629. The van der Waals surface area contributed by atoms with Gasteiger partial charge in [-0.3, -0.25) is 9.59 Å². The van der Waals surface area contributed by atoms with E-state index >= 15 is 0 Å². The van der Waals surface area contributed by atoms with Gasteiger partial charge in [0.1, 0.15) is 23.0 Å². The Morgan fingerprint density at radius 1 is 0.783 bits per heavy atom. The second kappa shape index (κ2) is 7.84. The normalized spacial score (nSPS) is 10.1. The maximum absolute atomic E-state index is 11.6. The summed E-state index contributed by atoms with van der Waals surface area (Å²) in [6.45, 7) is 0. The van der Waals surface area contributed by atoms with Gasteiger partial charge in [-0.15, -0.1) is 0 Å². The Labute approximate surface area is 132 Å². The van der Waals surface area contributed by atoms with Crippen LogP contribution in [0.4, 0.5) is 0 Å². The first-order chi connectivity index (χ1) is 11.0. The van der Waals surface area contributed by atoms with Crippen molar-refractivity contribution in [3.8, 4) is 23.0 Å². The molecular weight excluding hydrogens is 300 g/mol. The van der Waals surface area contributed by atoms with Crippen molar-refractivity contribution in [1.82, 2.24) is 0 Å². The van der Waals surface area contributed by atoms with Crippen LogP contribution in [0.1, 0.15) is 19.3 Å². The topological polar surface area (TPSA) is 93.1 Å². The summed E-state index contributed by atoms with van der Waals surface area (Å²) in [4.78, 5) is 23.2. The molecule has 23 heavy (non-hydrogen) atoms. The molecule has 0 aliphatic carbocycles. The molecule has 0 fully saturated rings. The van der Waals surface area contributed by atoms with Gasteiger partial charge in [-0.2, -0.15) is 0 Å². The molecule has 0 bridgehead atoms. The SMILES string of the molecule is O=C(CCCC(=O)Oc1cccc(O)c1)Oc1cccc(O)c1. The Kier molecular flexibility index (Phi) is 5.57. The predicted octanol–water partition coefficient (Wildman–Crippen LogP) is 2.78. The smallest absolute Gasteiger partial charge is 0.311 e. The Hall–Kier alpha value is -3.02. The molecular formula is C17H16O6. The van der Waals surface area contributed by atoms with Crippen molar-refractivity contribution in [1.29, 1.82) is 0 Å². The summed E-state index contributed by atoms with van der Waals surface area (Å²) < 4.78 is 10.1. The number of hydrogen-bond donors (Lipinski definition) is 2. The molecule has 0 saturated carbocycles. The highest BCUT2D eigenvalue weighted by molar-refractivity contribution is 5.75. The minimum absolute atomic E-state index is 0.00462. The van der Waals surface area contributed by atoms with Crippen molar-refractivity contribution in [3.05, 3.63) is 48.5 Å². The van der Waals surface area contributed by atoms with Gasteiger partial charge in [0.25, 0.3) is 0 Å². The van der Waals surface area contributed by atoms with Crippen molar-refractivity contribution in [3.63, 3.8) is 0 Å². The van der Waals surface area contributed by atoms with Gasteiger partial charge in [0.15, 0.2) is 0 Å². The van der Waals surface area contributed by atoms with Gasteiger partial charge in [0.2, 0.25) is 0 Å². The van der Waals surface area contributed by atoms with Crippen LogP contribution in [-0.2, 0) is 9.59 Å². The Morgan fingerprint density at radius 3 is 1.61 bits per heavy atom. The molecule has 2 rings (SSSR count). The zero-order valence-corrected chi connectivity index (χ0v) is 12.3. The molecule has 6 nitrogen and oxygen atoms in total. The number of phenolic OH excluding ortho intramolecular Hbond substituents is 2. The van der Waals surface area contributed by atoms with Crippen LogP contribution in [-0.4, -0.2) is 22.2 Å². The summed E-state index contributed by atoms with van der Waals surface area (Å²) in [5.41, 5.74) is 0. The summed E-state index contributed by atoms with van der Waals surface area (Å²) >= 11 is 0. The van der Waals surface area contributed by atoms with Crippen molar-refractivity contribution < 1.29 is 29.3 Å². The second-order valence-corrected chi connectivity index (χ2v) is 4.80.